The van der Waals surface area contributed by atoms with Crippen LogP contribution in [-0.2, 0) is 24.8 Å². The smallest absolute Gasteiger partial charge is 0.272 e. The highest BCUT2D eigenvalue weighted by molar-refractivity contribution is 5.94. The van der Waals surface area contributed by atoms with Gasteiger partial charge >= 0.3 is 0 Å². The van der Waals surface area contributed by atoms with Crippen molar-refractivity contribution < 1.29 is 14.3 Å². The lowest BCUT2D eigenvalue weighted by molar-refractivity contribution is -0.00903. The molecule has 0 unspecified atom stereocenters. The monoisotopic (exact) mass is 370 g/mol. The minimum atomic E-state index is -0.180. The topological polar surface area (TPSA) is 78.3 Å². The fourth-order valence-electron chi connectivity index (χ4n) is 3.78. The van der Waals surface area contributed by atoms with Crippen molar-refractivity contribution in [3.8, 4) is 5.75 Å². The molecule has 3 heterocycles. The third-order valence-electron chi connectivity index (χ3n) is 5.29. The molecule has 0 aromatic carbocycles. The van der Waals surface area contributed by atoms with Gasteiger partial charge in [0.2, 0.25) is 0 Å². The molecule has 1 N–H and O–H groups in total. The zero-order valence-corrected chi connectivity index (χ0v) is 16.1. The molecule has 2 aliphatic rings. The summed E-state index contributed by atoms with van der Waals surface area (Å²) >= 11 is 0. The first-order valence-corrected chi connectivity index (χ1v) is 9.62. The number of nitrogens with one attached hydrogen (secondary N) is 1. The molecule has 1 amide bonds. The van der Waals surface area contributed by atoms with Gasteiger partial charge in [-0.15, -0.1) is 0 Å². The molecule has 0 saturated heterocycles. The van der Waals surface area contributed by atoms with Crippen LogP contribution in [-0.4, -0.2) is 32.9 Å². The van der Waals surface area contributed by atoms with Crippen LogP contribution in [0.2, 0.25) is 0 Å². The van der Waals surface area contributed by atoms with Gasteiger partial charge in [0.05, 0.1) is 36.2 Å². The van der Waals surface area contributed by atoms with Gasteiger partial charge in [-0.05, 0) is 39.2 Å². The van der Waals surface area contributed by atoms with E-state index in [9.17, 15) is 4.79 Å². The molecular weight excluding hydrogens is 344 g/mol. The van der Waals surface area contributed by atoms with Crippen LogP contribution in [0, 0.1) is 0 Å². The summed E-state index contributed by atoms with van der Waals surface area (Å²) in [6, 6.07) is 3.76. The number of nitrogens with zero attached hydrogens (tertiary/aromatic N) is 3. The SMILES string of the molecule is C[C@@H]1Cc2c(C(=O)NCc3cc(OC4CCC4)ccn3)nn(C)c2[C@H](C)O1. The molecule has 144 valence electrons. The molecule has 2 aromatic rings. The molecule has 4 rings (SSSR count). The summed E-state index contributed by atoms with van der Waals surface area (Å²) in [6.45, 7) is 4.36. The lowest BCUT2D eigenvalue weighted by Gasteiger charge is -2.26. The first kappa shape index (κ1) is 18.0. The van der Waals surface area contributed by atoms with Crippen LogP contribution in [0.1, 0.15) is 66.7 Å². The Morgan fingerprint density at radius 3 is 2.96 bits per heavy atom. The summed E-state index contributed by atoms with van der Waals surface area (Å²) in [5.41, 5.74) is 3.22. The molecule has 1 fully saturated rings. The van der Waals surface area contributed by atoms with E-state index >= 15 is 0 Å². The molecule has 27 heavy (non-hydrogen) atoms. The minimum absolute atomic E-state index is 0.0650. The Hall–Kier alpha value is -2.41. The van der Waals surface area contributed by atoms with Crippen LogP contribution < -0.4 is 10.1 Å². The van der Waals surface area contributed by atoms with Gasteiger partial charge in [-0.1, -0.05) is 0 Å². The van der Waals surface area contributed by atoms with Gasteiger partial charge in [-0.25, -0.2) is 0 Å². The van der Waals surface area contributed by atoms with Crippen molar-refractivity contribution in [1.29, 1.82) is 0 Å². The second-order valence-electron chi connectivity index (χ2n) is 7.47. The van der Waals surface area contributed by atoms with E-state index in [4.69, 9.17) is 9.47 Å². The minimum Gasteiger partial charge on any atom is -0.490 e. The highest BCUT2D eigenvalue weighted by atomic mass is 16.5. The Balaban J connectivity index is 1.44. The van der Waals surface area contributed by atoms with E-state index in [1.165, 1.54) is 6.42 Å². The predicted octanol–water partition coefficient (Wildman–Crippen LogP) is 2.70. The van der Waals surface area contributed by atoms with E-state index in [0.717, 1.165) is 35.5 Å². The van der Waals surface area contributed by atoms with Gasteiger partial charge < -0.3 is 14.8 Å². The van der Waals surface area contributed by atoms with Crippen LogP contribution in [0.25, 0.3) is 0 Å². The molecule has 0 spiro atoms. The van der Waals surface area contributed by atoms with E-state index in [2.05, 4.69) is 15.4 Å². The number of hydrogen-bond acceptors (Lipinski definition) is 5. The summed E-state index contributed by atoms with van der Waals surface area (Å²) in [5, 5.41) is 7.39. The van der Waals surface area contributed by atoms with Crippen LogP contribution >= 0.6 is 0 Å². The van der Waals surface area contributed by atoms with Crippen molar-refractivity contribution in [2.24, 2.45) is 7.05 Å². The summed E-state index contributed by atoms with van der Waals surface area (Å²) in [5.74, 6) is 0.634. The zero-order valence-electron chi connectivity index (χ0n) is 16.1. The number of carbonyl (C=O) groups is 1. The molecule has 1 aliphatic heterocycles. The lowest BCUT2D eigenvalue weighted by Crippen LogP contribution is -2.28. The van der Waals surface area contributed by atoms with Crippen molar-refractivity contribution in [1.82, 2.24) is 20.1 Å². The normalized spacial score (nSPS) is 22.0. The summed E-state index contributed by atoms with van der Waals surface area (Å²) in [6.07, 6.45) is 6.20. The second-order valence-corrected chi connectivity index (χ2v) is 7.47. The maximum absolute atomic E-state index is 12.7. The number of hydrogen-bond donors (Lipinski definition) is 1. The van der Waals surface area contributed by atoms with Crippen LogP contribution in [0.3, 0.4) is 0 Å². The van der Waals surface area contributed by atoms with Gasteiger partial charge in [0.1, 0.15) is 5.75 Å². The average molecular weight is 370 g/mol. The van der Waals surface area contributed by atoms with Gasteiger partial charge in [-0.3, -0.25) is 14.5 Å². The highest BCUT2D eigenvalue weighted by Gasteiger charge is 2.31. The van der Waals surface area contributed by atoms with Crippen molar-refractivity contribution in [3.63, 3.8) is 0 Å². The van der Waals surface area contributed by atoms with Crippen LogP contribution in [0.15, 0.2) is 18.3 Å². The van der Waals surface area contributed by atoms with Gasteiger partial charge in [0, 0.05) is 31.3 Å². The van der Waals surface area contributed by atoms with Gasteiger partial charge in [0.15, 0.2) is 5.69 Å². The number of carbonyl (C=O) groups excluding carboxylic acids is 1. The number of ether oxygens (including phenoxy) is 2. The standard InChI is InChI=1S/C20H26N4O3/c1-12-9-17-18(23-24(3)19(17)13(2)26-12)20(25)22-11-14-10-16(7-8-21-14)27-15-5-4-6-15/h7-8,10,12-13,15H,4-6,9,11H2,1-3H3,(H,22,25)/t12-,13+/m1/s1. The van der Waals surface area contributed by atoms with Crippen LogP contribution in [0.5, 0.6) is 5.75 Å². The largest absolute Gasteiger partial charge is 0.490 e. The quantitative estimate of drug-likeness (QED) is 0.875. The van der Waals surface area contributed by atoms with Crippen LogP contribution in [0.4, 0.5) is 0 Å². The van der Waals surface area contributed by atoms with E-state index < -0.39 is 0 Å². The maximum atomic E-state index is 12.7. The van der Waals surface area contributed by atoms with Crippen molar-refractivity contribution in [2.75, 3.05) is 0 Å². The maximum Gasteiger partial charge on any atom is 0.272 e. The number of rotatable bonds is 5. The number of fused-ring (bicyclic) bond motifs is 1. The molecule has 2 atom stereocenters. The Labute approximate surface area is 159 Å². The number of pyridine rings is 1. The summed E-state index contributed by atoms with van der Waals surface area (Å²) in [7, 11) is 1.86. The van der Waals surface area contributed by atoms with Gasteiger partial charge in [0.25, 0.3) is 5.91 Å². The predicted molar refractivity (Wildman–Crippen MR) is 99.5 cm³/mol. The van der Waals surface area contributed by atoms with Crippen molar-refractivity contribution in [3.05, 3.63) is 41.0 Å². The molecule has 0 bridgehead atoms. The fraction of sp³-hybridized carbons (Fsp3) is 0.550. The average Bonchev–Trinajstić information content (AvgIpc) is 2.93. The molecule has 1 saturated carbocycles. The molecule has 2 aromatic heterocycles. The van der Waals surface area contributed by atoms with E-state index in [1.807, 2.05) is 33.0 Å². The number of amides is 1. The second kappa shape index (κ2) is 7.31. The molecule has 0 radical (unpaired) electrons. The Bertz CT molecular complexity index is 844. The van der Waals surface area contributed by atoms with Gasteiger partial charge in [-0.2, -0.15) is 5.10 Å². The molecule has 7 nitrogen and oxygen atoms in total. The summed E-state index contributed by atoms with van der Waals surface area (Å²) < 4.78 is 13.5. The van der Waals surface area contributed by atoms with E-state index in [1.54, 1.807) is 10.9 Å². The van der Waals surface area contributed by atoms with E-state index in [-0.39, 0.29) is 18.1 Å². The lowest BCUT2D eigenvalue weighted by atomic mass is 9.96. The Morgan fingerprint density at radius 1 is 1.41 bits per heavy atom. The Kier molecular flexibility index (Phi) is 4.86. The van der Waals surface area contributed by atoms with Crippen molar-refractivity contribution in [2.45, 2.75) is 64.4 Å². The first-order valence-electron chi connectivity index (χ1n) is 9.62. The number of aromatic nitrogens is 3. The number of aryl methyl sites for hydroxylation is 1. The molecule has 1 aliphatic carbocycles. The van der Waals surface area contributed by atoms with E-state index in [0.29, 0.717) is 24.8 Å². The molecule has 7 heteroatoms. The zero-order chi connectivity index (χ0) is 19.0. The fourth-order valence-corrected chi connectivity index (χ4v) is 3.78. The third-order valence-corrected chi connectivity index (χ3v) is 5.29. The molecular formula is C20H26N4O3. The van der Waals surface area contributed by atoms with Crippen molar-refractivity contribution >= 4 is 5.91 Å². The highest BCUT2D eigenvalue weighted by Crippen LogP contribution is 2.31. The Morgan fingerprint density at radius 2 is 2.22 bits per heavy atom. The summed E-state index contributed by atoms with van der Waals surface area (Å²) in [4.78, 5) is 17.1. The third kappa shape index (κ3) is 3.69. The first-order chi connectivity index (χ1) is 13.0.